The average Bonchev–Trinajstić information content (AvgIpc) is 3.07. The molecule has 0 saturated carbocycles. The molecule has 0 heterocycles. The van der Waals surface area contributed by atoms with Crippen LogP contribution in [0, 0.1) is 0 Å². The monoisotopic (exact) mass is 601 g/mol. The van der Waals surface area contributed by atoms with Gasteiger partial charge in [0.05, 0.1) is 11.1 Å². The Kier molecular flexibility index (Phi) is 9.92. The van der Waals surface area contributed by atoms with Crippen molar-refractivity contribution in [2.24, 2.45) is 5.73 Å². The van der Waals surface area contributed by atoms with E-state index in [9.17, 15) is 9.59 Å². The number of nitrogens with two attached hydrogens (primary N) is 1. The van der Waals surface area contributed by atoms with E-state index in [4.69, 9.17) is 24.7 Å². The minimum Gasteiger partial charge on any atom is -0.489 e. The zero-order valence-corrected chi connectivity index (χ0v) is 25.3. The Morgan fingerprint density at radius 3 is 1.33 bits per heavy atom. The highest BCUT2D eigenvalue weighted by molar-refractivity contribution is 5.92. The lowest BCUT2D eigenvalue weighted by atomic mass is 9.84. The molecule has 5 aromatic rings. The van der Waals surface area contributed by atoms with Gasteiger partial charge in [0.25, 0.3) is 0 Å². The molecule has 5 rings (SSSR count). The molecule has 0 aliphatic heterocycles. The maximum atomic E-state index is 13.1. The van der Waals surface area contributed by atoms with Crippen LogP contribution >= 0.6 is 0 Å². The standard InChI is InChI=1S/C38H35NO6/c1-38(2,26-39)31-21-34(44-36(40)29-13-17-32(18-14-29)42-24-27-9-5-3-6-10-27)23-35(22-31)45-37(41)30-15-19-33(20-16-30)43-25-28-11-7-4-8-12-28/h3-23H,24-26,39H2,1-2H3. The lowest BCUT2D eigenvalue weighted by Crippen LogP contribution is -2.28. The molecular formula is C38H35NO6. The van der Waals surface area contributed by atoms with E-state index in [1.54, 1.807) is 60.7 Å². The lowest BCUT2D eigenvalue weighted by Gasteiger charge is -2.24. The van der Waals surface area contributed by atoms with E-state index < -0.39 is 17.4 Å². The molecule has 0 amide bonds. The number of esters is 2. The average molecular weight is 602 g/mol. The molecule has 0 bridgehead atoms. The summed E-state index contributed by atoms with van der Waals surface area (Å²) in [5.41, 5.74) is 9.10. The van der Waals surface area contributed by atoms with Crippen molar-refractivity contribution in [1.29, 1.82) is 0 Å². The van der Waals surface area contributed by atoms with Gasteiger partial charge in [-0.15, -0.1) is 0 Å². The Morgan fingerprint density at radius 2 is 0.956 bits per heavy atom. The highest BCUT2D eigenvalue weighted by Crippen LogP contribution is 2.32. The van der Waals surface area contributed by atoms with Gasteiger partial charge in [-0.05, 0) is 77.4 Å². The third-order valence-corrected chi connectivity index (χ3v) is 7.27. The molecule has 0 spiro atoms. The van der Waals surface area contributed by atoms with Crippen LogP contribution < -0.4 is 24.7 Å². The van der Waals surface area contributed by atoms with Gasteiger partial charge in [-0.2, -0.15) is 0 Å². The van der Waals surface area contributed by atoms with Crippen LogP contribution in [-0.2, 0) is 18.6 Å². The van der Waals surface area contributed by atoms with Gasteiger partial charge in [0.1, 0.15) is 36.2 Å². The summed E-state index contributed by atoms with van der Waals surface area (Å²) in [5, 5.41) is 0. The van der Waals surface area contributed by atoms with Gasteiger partial charge >= 0.3 is 11.9 Å². The summed E-state index contributed by atoms with van der Waals surface area (Å²) in [6.07, 6.45) is 0. The zero-order chi connectivity index (χ0) is 31.6. The predicted molar refractivity (Wildman–Crippen MR) is 173 cm³/mol. The van der Waals surface area contributed by atoms with Gasteiger partial charge in [-0.1, -0.05) is 74.5 Å². The first kappa shape index (κ1) is 31.0. The smallest absolute Gasteiger partial charge is 0.343 e. The van der Waals surface area contributed by atoms with Gasteiger partial charge in [-0.3, -0.25) is 0 Å². The van der Waals surface area contributed by atoms with E-state index in [0.717, 1.165) is 16.7 Å². The molecule has 45 heavy (non-hydrogen) atoms. The van der Waals surface area contributed by atoms with Crippen LogP contribution in [0.15, 0.2) is 127 Å². The quantitative estimate of drug-likeness (QED) is 0.117. The van der Waals surface area contributed by atoms with Crippen LogP contribution in [0.1, 0.15) is 51.3 Å². The SMILES string of the molecule is CC(C)(CN)c1cc(OC(=O)c2ccc(OCc3ccccc3)cc2)cc(OC(=O)c2ccc(OCc3ccccc3)cc2)c1. The summed E-state index contributed by atoms with van der Waals surface area (Å²) in [7, 11) is 0. The minimum absolute atomic E-state index is 0.232. The summed E-state index contributed by atoms with van der Waals surface area (Å²) in [4.78, 5) is 26.1. The van der Waals surface area contributed by atoms with Crippen molar-refractivity contribution in [3.05, 3.63) is 155 Å². The summed E-state index contributed by atoms with van der Waals surface area (Å²) >= 11 is 0. The predicted octanol–water partition coefficient (Wildman–Crippen LogP) is 7.52. The zero-order valence-electron chi connectivity index (χ0n) is 25.3. The molecular weight excluding hydrogens is 566 g/mol. The van der Waals surface area contributed by atoms with E-state index in [1.165, 1.54) is 6.07 Å². The largest absolute Gasteiger partial charge is 0.489 e. The third kappa shape index (κ3) is 8.59. The molecule has 228 valence electrons. The number of rotatable bonds is 12. The van der Waals surface area contributed by atoms with Gasteiger partial charge in [-0.25, -0.2) is 9.59 Å². The molecule has 0 saturated heterocycles. The van der Waals surface area contributed by atoms with Crippen LogP contribution in [-0.4, -0.2) is 18.5 Å². The Hall–Kier alpha value is -5.40. The second kappa shape index (κ2) is 14.4. The topological polar surface area (TPSA) is 97.1 Å². The number of hydrogen-bond donors (Lipinski definition) is 1. The molecule has 5 aromatic carbocycles. The molecule has 0 radical (unpaired) electrons. The number of hydrogen-bond acceptors (Lipinski definition) is 7. The second-order valence-corrected chi connectivity index (χ2v) is 11.2. The number of carbonyl (C=O) groups is 2. The Labute approximate surface area is 263 Å². The highest BCUT2D eigenvalue weighted by atomic mass is 16.5. The maximum Gasteiger partial charge on any atom is 0.343 e. The molecule has 0 unspecified atom stereocenters. The van der Waals surface area contributed by atoms with E-state index in [1.807, 2.05) is 74.5 Å². The van der Waals surface area contributed by atoms with Crippen LogP contribution in [0.25, 0.3) is 0 Å². The first-order valence-electron chi connectivity index (χ1n) is 14.6. The van der Waals surface area contributed by atoms with Crippen LogP contribution in [0.4, 0.5) is 0 Å². The maximum absolute atomic E-state index is 13.1. The summed E-state index contributed by atoms with van der Waals surface area (Å²) in [6, 6.07) is 38.1. The summed E-state index contributed by atoms with van der Waals surface area (Å²) in [5.74, 6) is 0.609. The van der Waals surface area contributed by atoms with Crippen molar-refractivity contribution in [3.63, 3.8) is 0 Å². The molecule has 0 aromatic heterocycles. The van der Waals surface area contributed by atoms with Crippen molar-refractivity contribution in [2.45, 2.75) is 32.5 Å². The number of carbonyl (C=O) groups excluding carboxylic acids is 2. The Morgan fingerprint density at radius 1 is 0.556 bits per heavy atom. The minimum atomic E-state index is -0.560. The van der Waals surface area contributed by atoms with Crippen molar-refractivity contribution in [2.75, 3.05) is 6.54 Å². The van der Waals surface area contributed by atoms with Crippen molar-refractivity contribution >= 4 is 11.9 Å². The van der Waals surface area contributed by atoms with Gasteiger partial charge < -0.3 is 24.7 Å². The summed E-state index contributed by atoms with van der Waals surface area (Å²) < 4.78 is 23.1. The van der Waals surface area contributed by atoms with Crippen LogP contribution in [0.3, 0.4) is 0 Å². The first-order chi connectivity index (χ1) is 21.8. The molecule has 0 aliphatic carbocycles. The third-order valence-electron chi connectivity index (χ3n) is 7.27. The van der Waals surface area contributed by atoms with Crippen LogP contribution in [0.5, 0.6) is 23.0 Å². The molecule has 0 atom stereocenters. The first-order valence-corrected chi connectivity index (χ1v) is 14.6. The lowest BCUT2D eigenvalue weighted by molar-refractivity contribution is 0.0732. The summed E-state index contributed by atoms with van der Waals surface area (Å²) in [6.45, 7) is 5.08. The van der Waals surface area contributed by atoms with Gasteiger partial charge in [0, 0.05) is 18.0 Å². The Bertz CT molecular complexity index is 1600. The van der Waals surface area contributed by atoms with Gasteiger partial charge in [0.2, 0.25) is 0 Å². The van der Waals surface area contributed by atoms with Gasteiger partial charge in [0.15, 0.2) is 0 Å². The van der Waals surface area contributed by atoms with Crippen molar-refractivity contribution < 1.29 is 28.5 Å². The molecule has 0 fully saturated rings. The molecule has 0 aliphatic rings. The van der Waals surface area contributed by atoms with E-state index >= 15 is 0 Å². The number of ether oxygens (including phenoxy) is 4. The fourth-order valence-electron chi connectivity index (χ4n) is 4.39. The highest BCUT2D eigenvalue weighted by Gasteiger charge is 2.22. The van der Waals surface area contributed by atoms with Crippen LogP contribution in [0.2, 0.25) is 0 Å². The fraction of sp³-hybridized carbons (Fsp3) is 0.158. The fourth-order valence-corrected chi connectivity index (χ4v) is 4.39. The second-order valence-electron chi connectivity index (χ2n) is 11.2. The van der Waals surface area contributed by atoms with E-state index in [-0.39, 0.29) is 11.5 Å². The van der Waals surface area contributed by atoms with Crippen molar-refractivity contribution in [1.82, 2.24) is 0 Å². The molecule has 2 N–H and O–H groups in total. The van der Waals surface area contributed by atoms with E-state index in [2.05, 4.69) is 0 Å². The number of benzene rings is 5. The Balaban J connectivity index is 1.25. The normalized spacial score (nSPS) is 11.0. The molecule has 7 nitrogen and oxygen atoms in total. The van der Waals surface area contributed by atoms with Crippen molar-refractivity contribution in [3.8, 4) is 23.0 Å². The molecule has 7 heteroatoms. The van der Waals surface area contributed by atoms with E-state index in [0.29, 0.717) is 42.4 Å².